The van der Waals surface area contributed by atoms with E-state index < -0.39 is 0 Å². The highest BCUT2D eigenvalue weighted by molar-refractivity contribution is 5.73. The van der Waals surface area contributed by atoms with E-state index in [4.69, 9.17) is 0 Å². The zero-order valence-electron chi connectivity index (χ0n) is 10.6. The van der Waals surface area contributed by atoms with Gasteiger partial charge in [0.25, 0.3) is 0 Å². The Morgan fingerprint density at radius 3 is 2.53 bits per heavy atom. The van der Waals surface area contributed by atoms with Crippen molar-refractivity contribution < 1.29 is 5.11 Å². The fraction of sp³-hybridized carbons (Fsp3) is 0.154. The Bertz CT molecular complexity index is 717. The van der Waals surface area contributed by atoms with Crippen LogP contribution in [-0.4, -0.2) is 38.7 Å². The van der Waals surface area contributed by atoms with Crippen molar-refractivity contribution >= 4 is 17.1 Å². The number of aromatic hydroxyl groups is 1. The van der Waals surface area contributed by atoms with Gasteiger partial charge in [0.1, 0.15) is 17.6 Å². The van der Waals surface area contributed by atoms with Crippen molar-refractivity contribution in [1.29, 1.82) is 0 Å². The molecule has 96 valence electrons. The van der Waals surface area contributed by atoms with Gasteiger partial charge in [-0.25, -0.2) is 9.97 Å². The second-order valence-corrected chi connectivity index (χ2v) is 4.40. The van der Waals surface area contributed by atoms with Gasteiger partial charge in [-0.2, -0.15) is 4.98 Å². The Kier molecular flexibility index (Phi) is 2.56. The molecule has 0 bridgehead atoms. The summed E-state index contributed by atoms with van der Waals surface area (Å²) in [5.41, 5.74) is 2.37. The zero-order valence-corrected chi connectivity index (χ0v) is 10.6. The fourth-order valence-electron chi connectivity index (χ4n) is 1.82. The molecule has 19 heavy (non-hydrogen) atoms. The standard InChI is InChI=1S/C13H13N5O/c1-17(2)13-14-7-11-12(16-13)18(8-15-11)9-3-5-10(19)6-4-9/h3-8,19H,1-2H3. The molecule has 0 saturated heterocycles. The highest BCUT2D eigenvalue weighted by Crippen LogP contribution is 2.19. The van der Waals surface area contributed by atoms with Gasteiger partial charge in [-0.15, -0.1) is 0 Å². The fourth-order valence-corrected chi connectivity index (χ4v) is 1.82. The second-order valence-electron chi connectivity index (χ2n) is 4.40. The summed E-state index contributed by atoms with van der Waals surface area (Å²) in [6, 6.07) is 6.90. The van der Waals surface area contributed by atoms with Crippen LogP contribution in [0.15, 0.2) is 36.8 Å². The lowest BCUT2D eigenvalue weighted by Gasteiger charge is -2.10. The van der Waals surface area contributed by atoms with Crippen LogP contribution in [0.4, 0.5) is 5.95 Å². The van der Waals surface area contributed by atoms with Gasteiger partial charge in [-0.3, -0.25) is 4.57 Å². The second kappa shape index (κ2) is 4.24. The van der Waals surface area contributed by atoms with E-state index in [1.165, 1.54) is 0 Å². The normalized spacial score (nSPS) is 10.8. The molecule has 2 heterocycles. The van der Waals surface area contributed by atoms with Crippen molar-refractivity contribution in [3.8, 4) is 11.4 Å². The first-order valence-corrected chi connectivity index (χ1v) is 5.82. The third kappa shape index (κ3) is 1.97. The first-order chi connectivity index (χ1) is 9.15. The van der Waals surface area contributed by atoms with Crippen molar-refractivity contribution in [3.05, 3.63) is 36.8 Å². The Hall–Kier alpha value is -2.63. The van der Waals surface area contributed by atoms with Crippen LogP contribution in [-0.2, 0) is 0 Å². The highest BCUT2D eigenvalue weighted by atomic mass is 16.3. The summed E-state index contributed by atoms with van der Waals surface area (Å²) in [6.45, 7) is 0. The smallest absolute Gasteiger partial charge is 0.226 e. The molecule has 0 unspecified atom stereocenters. The lowest BCUT2D eigenvalue weighted by molar-refractivity contribution is 0.475. The van der Waals surface area contributed by atoms with Crippen LogP contribution >= 0.6 is 0 Å². The number of nitrogens with zero attached hydrogens (tertiary/aromatic N) is 5. The van der Waals surface area contributed by atoms with E-state index in [1.54, 1.807) is 24.7 Å². The van der Waals surface area contributed by atoms with Gasteiger partial charge in [-0.05, 0) is 24.3 Å². The maximum atomic E-state index is 9.33. The summed E-state index contributed by atoms with van der Waals surface area (Å²) in [7, 11) is 3.78. The third-order valence-corrected chi connectivity index (χ3v) is 2.81. The quantitative estimate of drug-likeness (QED) is 0.753. The van der Waals surface area contributed by atoms with Gasteiger partial charge in [0.15, 0.2) is 5.65 Å². The van der Waals surface area contributed by atoms with Crippen molar-refractivity contribution in [3.63, 3.8) is 0 Å². The lowest BCUT2D eigenvalue weighted by Crippen LogP contribution is -2.12. The number of imidazole rings is 1. The lowest BCUT2D eigenvalue weighted by atomic mass is 10.3. The van der Waals surface area contributed by atoms with Crippen LogP contribution in [0.1, 0.15) is 0 Å². The number of aromatic nitrogens is 4. The van der Waals surface area contributed by atoms with Gasteiger partial charge < -0.3 is 10.0 Å². The molecule has 0 fully saturated rings. The molecule has 1 aromatic carbocycles. The first-order valence-electron chi connectivity index (χ1n) is 5.82. The largest absolute Gasteiger partial charge is 0.508 e. The molecule has 3 rings (SSSR count). The van der Waals surface area contributed by atoms with E-state index in [9.17, 15) is 5.11 Å². The minimum atomic E-state index is 0.233. The zero-order chi connectivity index (χ0) is 13.4. The number of phenolic OH excluding ortho intramolecular Hbond substituents is 1. The van der Waals surface area contributed by atoms with E-state index in [2.05, 4.69) is 15.0 Å². The topological polar surface area (TPSA) is 67.1 Å². The average molecular weight is 255 g/mol. The van der Waals surface area contributed by atoms with Crippen molar-refractivity contribution in [2.75, 3.05) is 19.0 Å². The van der Waals surface area contributed by atoms with Crippen molar-refractivity contribution in [1.82, 2.24) is 19.5 Å². The highest BCUT2D eigenvalue weighted by Gasteiger charge is 2.09. The number of phenols is 1. The predicted molar refractivity (Wildman–Crippen MR) is 72.7 cm³/mol. The molecule has 0 radical (unpaired) electrons. The maximum absolute atomic E-state index is 9.33. The van der Waals surface area contributed by atoms with Crippen molar-refractivity contribution in [2.24, 2.45) is 0 Å². The van der Waals surface area contributed by atoms with Crippen LogP contribution in [0.25, 0.3) is 16.9 Å². The maximum Gasteiger partial charge on any atom is 0.226 e. The number of fused-ring (bicyclic) bond motifs is 1. The van der Waals surface area contributed by atoms with E-state index in [0.29, 0.717) is 5.95 Å². The summed E-state index contributed by atoms with van der Waals surface area (Å²) in [5, 5.41) is 9.33. The molecule has 6 nitrogen and oxygen atoms in total. The number of hydrogen-bond donors (Lipinski definition) is 1. The van der Waals surface area contributed by atoms with Crippen LogP contribution < -0.4 is 4.90 Å². The molecule has 3 aromatic rings. The number of rotatable bonds is 2. The summed E-state index contributed by atoms with van der Waals surface area (Å²) >= 11 is 0. The molecule has 0 aliphatic carbocycles. The van der Waals surface area contributed by atoms with Gasteiger partial charge in [-0.1, -0.05) is 0 Å². The van der Waals surface area contributed by atoms with E-state index in [-0.39, 0.29) is 5.75 Å². The average Bonchev–Trinajstić information content (AvgIpc) is 2.82. The third-order valence-electron chi connectivity index (χ3n) is 2.81. The summed E-state index contributed by atoms with van der Waals surface area (Å²) in [4.78, 5) is 14.8. The van der Waals surface area contributed by atoms with E-state index in [1.807, 2.05) is 35.7 Å². The first kappa shape index (κ1) is 11.5. The number of benzene rings is 1. The minimum absolute atomic E-state index is 0.233. The Labute approximate surface area is 110 Å². The molecule has 0 spiro atoms. The molecule has 1 N–H and O–H groups in total. The van der Waals surface area contributed by atoms with Crippen molar-refractivity contribution in [2.45, 2.75) is 0 Å². The molecular weight excluding hydrogens is 242 g/mol. The molecule has 2 aromatic heterocycles. The molecule has 0 atom stereocenters. The predicted octanol–water partition coefficient (Wildman–Crippen LogP) is 1.59. The number of anilines is 1. The molecule has 0 amide bonds. The molecular formula is C13H13N5O. The van der Waals surface area contributed by atoms with Gasteiger partial charge >= 0.3 is 0 Å². The van der Waals surface area contributed by atoms with Crippen LogP contribution in [0.2, 0.25) is 0 Å². The van der Waals surface area contributed by atoms with E-state index >= 15 is 0 Å². The summed E-state index contributed by atoms with van der Waals surface area (Å²) < 4.78 is 1.86. The van der Waals surface area contributed by atoms with E-state index in [0.717, 1.165) is 16.9 Å². The van der Waals surface area contributed by atoms with Gasteiger partial charge in [0, 0.05) is 19.8 Å². The number of hydrogen-bond acceptors (Lipinski definition) is 5. The molecule has 6 heteroatoms. The summed E-state index contributed by atoms with van der Waals surface area (Å²) in [5.74, 6) is 0.866. The Morgan fingerprint density at radius 1 is 1.11 bits per heavy atom. The monoisotopic (exact) mass is 255 g/mol. The minimum Gasteiger partial charge on any atom is -0.508 e. The van der Waals surface area contributed by atoms with Gasteiger partial charge in [0.2, 0.25) is 5.95 Å². The summed E-state index contributed by atoms with van der Waals surface area (Å²) in [6.07, 6.45) is 3.40. The van der Waals surface area contributed by atoms with Crippen LogP contribution in [0.3, 0.4) is 0 Å². The van der Waals surface area contributed by atoms with Crippen LogP contribution in [0, 0.1) is 0 Å². The van der Waals surface area contributed by atoms with Gasteiger partial charge in [0.05, 0.1) is 6.20 Å². The Morgan fingerprint density at radius 2 is 1.84 bits per heavy atom. The Balaban J connectivity index is 2.18. The molecule has 0 saturated carbocycles. The molecule has 0 aliphatic rings. The van der Waals surface area contributed by atoms with Crippen LogP contribution in [0.5, 0.6) is 5.75 Å². The SMILES string of the molecule is CN(C)c1ncc2ncn(-c3ccc(O)cc3)c2n1. The molecule has 0 aliphatic heterocycles.